The summed E-state index contributed by atoms with van der Waals surface area (Å²) in [5, 5.41) is 25.4. The number of aliphatic hydroxyl groups is 1. The molecule has 2 aromatic rings. The van der Waals surface area contributed by atoms with Crippen molar-refractivity contribution in [2.75, 3.05) is 18.6 Å². The number of aromatic nitrogens is 1. The maximum atomic E-state index is 13.1. The Labute approximate surface area is 234 Å². The van der Waals surface area contributed by atoms with Crippen molar-refractivity contribution in [3.05, 3.63) is 53.2 Å². The number of nitrogens with zero attached hydrogens (tertiary/aromatic N) is 3. The molecule has 4 heterocycles. The zero-order chi connectivity index (χ0) is 29.7. The van der Waals surface area contributed by atoms with Crippen LogP contribution in [0.4, 0.5) is 10.6 Å². The first-order valence-corrected chi connectivity index (χ1v) is 12.7. The van der Waals surface area contributed by atoms with E-state index in [2.05, 4.69) is 27.5 Å². The number of nitrogens with one attached hydrogen (secondary N) is 2. The lowest BCUT2D eigenvalue weighted by atomic mass is 9.80. The number of benzene rings is 1. The zero-order valence-corrected chi connectivity index (χ0v) is 22.5. The fraction of sp³-hybridized carbons (Fsp3) is 0.357. The van der Waals surface area contributed by atoms with E-state index >= 15 is 0 Å². The first kappa shape index (κ1) is 27.6. The Balaban J connectivity index is 1.43. The highest BCUT2D eigenvalue weighted by atomic mass is 16.5. The van der Waals surface area contributed by atoms with E-state index in [-0.39, 0.29) is 37.7 Å². The molecule has 3 aliphatic heterocycles. The van der Waals surface area contributed by atoms with Crippen molar-refractivity contribution in [3.63, 3.8) is 0 Å². The Hall–Kier alpha value is -4.96. The van der Waals surface area contributed by atoms with E-state index in [9.17, 15) is 34.2 Å². The molecule has 5 rings (SSSR count). The van der Waals surface area contributed by atoms with Gasteiger partial charge in [-0.15, -0.1) is 0 Å². The molecule has 5 amide bonds. The van der Waals surface area contributed by atoms with Crippen LogP contribution in [0.2, 0.25) is 0 Å². The Bertz CT molecular complexity index is 1550. The Kier molecular flexibility index (Phi) is 6.46. The largest absolute Gasteiger partial charge is 0.497 e. The van der Waals surface area contributed by atoms with Crippen LogP contribution in [0.15, 0.2) is 36.5 Å². The first-order chi connectivity index (χ1) is 19.3. The summed E-state index contributed by atoms with van der Waals surface area (Å²) >= 11 is 0. The van der Waals surface area contributed by atoms with Gasteiger partial charge in [0.25, 0.3) is 11.8 Å². The molecule has 1 unspecified atom stereocenters. The standard InChI is InChI=1S/C28H27N5O8/c1-26(2,40)28(24(37)38)11-9-21(34)33(28)20-7-4-16(13-29-20)8-10-27(23(36)30-25(39)31-27)15-32-14-17-5-6-18(41-3)12-19(17)22(32)35/h4-7,12-13,40H,9,11,14-15H2,1-3H3,(H,37,38)(H2,30,31,36,39)/t27-,28?/m1/s1. The summed E-state index contributed by atoms with van der Waals surface area (Å²) in [6, 6.07) is 7.20. The SMILES string of the molecule is COc1ccc2c(c1)C(=O)N(C[C@@]1(C#Cc3ccc(N4C(=O)CCC4(C(=O)O)C(C)(C)O)nc3)NC(=O)NC1=O)C2. The van der Waals surface area contributed by atoms with Crippen molar-refractivity contribution in [1.29, 1.82) is 0 Å². The van der Waals surface area contributed by atoms with Gasteiger partial charge >= 0.3 is 12.0 Å². The van der Waals surface area contributed by atoms with Crippen molar-refractivity contribution < 1.29 is 38.9 Å². The number of aliphatic carboxylic acids is 1. The Morgan fingerprint density at radius 3 is 2.54 bits per heavy atom. The number of carbonyl (C=O) groups excluding carboxylic acids is 4. The fourth-order valence-corrected chi connectivity index (χ4v) is 5.47. The number of carbonyl (C=O) groups is 5. The van der Waals surface area contributed by atoms with E-state index in [0.29, 0.717) is 16.9 Å². The molecule has 4 N–H and O–H groups in total. The van der Waals surface area contributed by atoms with Crippen molar-refractivity contribution >= 4 is 35.5 Å². The van der Waals surface area contributed by atoms with Gasteiger partial charge in [0.2, 0.25) is 11.4 Å². The fourth-order valence-electron chi connectivity index (χ4n) is 5.47. The molecule has 1 aromatic heterocycles. The van der Waals surface area contributed by atoms with Gasteiger partial charge < -0.3 is 25.2 Å². The van der Waals surface area contributed by atoms with Crippen LogP contribution in [0, 0.1) is 11.8 Å². The van der Waals surface area contributed by atoms with Crippen LogP contribution in [0.1, 0.15) is 48.2 Å². The number of hydrogen-bond donors (Lipinski definition) is 4. The lowest BCUT2D eigenvalue weighted by Crippen LogP contribution is -2.65. The van der Waals surface area contributed by atoms with E-state index in [4.69, 9.17) is 4.74 Å². The highest BCUT2D eigenvalue weighted by molar-refractivity contribution is 6.10. The number of urea groups is 1. The monoisotopic (exact) mass is 561 g/mol. The lowest BCUT2D eigenvalue weighted by Gasteiger charge is -2.42. The lowest BCUT2D eigenvalue weighted by molar-refractivity contribution is -0.153. The van der Waals surface area contributed by atoms with E-state index in [1.165, 1.54) is 44.2 Å². The molecule has 13 heteroatoms. The van der Waals surface area contributed by atoms with Crippen molar-refractivity contribution in [2.24, 2.45) is 0 Å². The van der Waals surface area contributed by atoms with Crippen LogP contribution in [0.5, 0.6) is 5.75 Å². The van der Waals surface area contributed by atoms with Gasteiger partial charge in [0.15, 0.2) is 5.54 Å². The number of rotatable bonds is 6. The predicted octanol–water partition coefficient (Wildman–Crippen LogP) is 0.397. The number of methoxy groups -OCH3 is 1. The van der Waals surface area contributed by atoms with Crippen molar-refractivity contribution in [1.82, 2.24) is 20.5 Å². The summed E-state index contributed by atoms with van der Waals surface area (Å²) in [4.78, 5) is 69.7. The molecule has 2 fully saturated rings. The molecule has 0 radical (unpaired) electrons. The van der Waals surface area contributed by atoms with Crippen LogP contribution in [0.25, 0.3) is 0 Å². The van der Waals surface area contributed by atoms with Gasteiger partial charge in [-0.3, -0.25) is 24.6 Å². The number of carboxylic acid groups (broad SMARTS) is 1. The average molecular weight is 562 g/mol. The van der Waals surface area contributed by atoms with Crippen LogP contribution in [-0.2, 0) is 20.9 Å². The smallest absolute Gasteiger partial charge is 0.333 e. The van der Waals surface area contributed by atoms with Crippen LogP contribution in [0.3, 0.4) is 0 Å². The van der Waals surface area contributed by atoms with Crippen LogP contribution < -0.4 is 20.3 Å². The molecular weight excluding hydrogens is 534 g/mol. The third-order valence-corrected chi connectivity index (χ3v) is 7.66. The highest BCUT2D eigenvalue weighted by Gasteiger charge is 2.61. The Morgan fingerprint density at radius 1 is 1.20 bits per heavy atom. The van der Waals surface area contributed by atoms with E-state index < -0.39 is 40.5 Å². The predicted molar refractivity (Wildman–Crippen MR) is 142 cm³/mol. The second-order valence-electron chi connectivity index (χ2n) is 10.6. The number of carboxylic acids is 1. The minimum atomic E-state index is -1.91. The van der Waals surface area contributed by atoms with E-state index in [0.717, 1.165) is 10.5 Å². The molecule has 2 atom stereocenters. The van der Waals surface area contributed by atoms with E-state index in [1.54, 1.807) is 18.2 Å². The summed E-state index contributed by atoms with van der Waals surface area (Å²) in [6.45, 7) is 2.63. The molecule has 1 aromatic carbocycles. The summed E-state index contributed by atoms with van der Waals surface area (Å²) < 4.78 is 5.20. The van der Waals surface area contributed by atoms with E-state index in [1.807, 2.05) is 0 Å². The highest BCUT2D eigenvalue weighted by Crippen LogP contribution is 2.42. The molecule has 0 aliphatic carbocycles. The third kappa shape index (κ3) is 4.42. The number of anilines is 1. The second kappa shape index (κ2) is 9.60. The molecule has 0 spiro atoms. The zero-order valence-electron chi connectivity index (χ0n) is 22.5. The first-order valence-electron chi connectivity index (χ1n) is 12.7. The van der Waals surface area contributed by atoms with Gasteiger partial charge in [-0.2, -0.15) is 0 Å². The maximum absolute atomic E-state index is 13.1. The normalized spacial score (nSPS) is 23.6. The number of fused-ring (bicyclic) bond motifs is 1. The van der Waals surface area contributed by atoms with Crippen molar-refractivity contribution in [3.8, 4) is 17.6 Å². The summed E-state index contributed by atoms with van der Waals surface area (Å²) in [7, 11) is 1.49. The van der Waals surface area contributed by atoms with Crippen LogP contribution >= 0.6 is 0 Å². The molecule has 41 heavy (non-hydrogen) atoms. The molecule has 212 valence electrons. The van der Waals surface area contributed by atoms with Gasteiger partial charge in [0, 0.05) is 30.3 Å². The topological polar surface area (TPSA) is 178 Å². The van der Waals surface area contributed by atoms with Gasteiger partial charge in [-0.25, -0.2) is 14.6 Å². The van der Waals surface area contributed by atoms with Crippen molar-refractivity contribution in [2.45, 2.75) is 49.9 Å². The minimum Gasteiger partial charge on any atom is -0.497 e. The number of imide groups is 1. The number of ether oxygens (including phenoxy) is 1. The summed E-state index contributed by atoms with van der Waals surface area (Å²) in [5.74, 6) is 3.17. The Morgan fingerprint density at radius 2 is 1.95 bits per heavy atom. The second-order valence-corrected chi connectivity index (χ2v) is 10.6. The number of amides is 5. The van der Waals surface area contributed by atoms with Gasteiger partial charge in [-0.1, -0.05) is 17.9 Å². The van der Waals surface area contributed by atoms with Gasteiger partial charge in [0.1, 0.15) is 11.6 Å². The molecule has 3 aliphatic rings. The molecule has 13 nitrogen and oxygen atoms in total. The van der Waals surface area contributed by atoms with Gasteiger partial charge in [-0.05, 0) is 50.1 Å². The maximum Gasteiger partial charge on any atom is 0.333 e. The molecule has 0 bridgehead atoms. The number of hydrogen-bond acceptors (Lipinski definition) is 8. The quantitative estimate of drug-likeness (QED) is 0.287. The van der Waals surface area contributed by atoms with Gasteiger partial charge in [0.05, 0.1) is 19.3 Å². The number of pyridine rings is 1. The van der Waals surface area contributed by atoms with Crippen LogP contribution in [-0.4, -0.2) is 80.2 Å². The minimum absolute atomic E-state index is 0.0139. The molecular formula is C28H27N5O8. The summed E-state index contributed by atoms with van der Waals surface area (Å²) in [6.07, 6.45) is 1.11. The summed E-state index contributed by atoms with van der Waals surface area (Å²) in [5.41, 5.74) is -3.98. The molecule has 2 saturated heterocycles. The average Bonchev–Trinajstić information content (AvgIpc) is 3.53. The third-order valence-electron chi connectivity index (χ3n) is 7.66. The molecule has 0 saturated carbocycles.